The van der Waals surface area contributed by atoms with Crippen LogP contribution in [0.15, 0.2) is 29.3 Å². The molecule has 1 rings (SSSR count). The number of halogens is 1. The molecular weight excluding hydrogens is 321 g/mol. The molecule has 0 aliphatic rings. The molecule has 0 saturated heterocycles. The first kappa shape index (κ1) is 19.4. The molecule has 2 N–H and O–H groups in total. The number of hydrogen-bond acceptors (Lipinski definition) is 4. The number of sulfone groups is 1. The van der Waals surface area contributed by atoms with Crippen molar-refractivity contribution in [3.05, 3.63) is 35.6 Å². The summed E-state index contributed by atoms with van der Waals surface area (Å²) in [5.74, 6) is 0.396. The maximum absolute atomic E-state index is 13.5. The van der Waals surface area contributed by atoms with Gasteiger partial charge in [-0.3, -0.25) is 4.99 Å². The van der Waals surface area contributed by atoms with Gasteiger partial charge in [-0.25, -0.2) is 12.8 Å². The zero-order valence-corrected chi connectivity index (χ0v) is 14.3. The predicted octanol–water partition coefficient (Wildman–Crippen LogP) is 0.594. The molecule has 23 heavy (non-hydrogen) atoms. The summed E-state index contributed by atoms with van der Waals surface area (Å²) in [5, 5.41) is 6.12. The third kappa shape index (κ3) is 9.14. The van der Waals surface area contributed by atoms with E-state index in [1.807, 2.05) is 0 Å². The monoisotopic (exact) mass is 345 g/mol. The maximum atomic E-state index is 13.5. The third-order valence-corrected chi connectivity index (χ3v) is 3.91. The van der Waals surface area contributed by atoms with Gasteiger partial charge in [0.25, 0.3) is 0 Å². The lowest BCUT2D eigenvalue weighted by atomic mass is 10.1. The molecule has 0 saturated carbocycles. The minimum absolute atomic E-state index is 0.0165. The second kappa shape index (κ2) is 10.2. The number of benzene rings is 1. The van der Waals surface area contributed by atoms with E-state index in [4.69, 9.17) is 4.74 Å². The second-order valence-corrected chi connectivity index (χ2v) is 7.27. The van der Waals surface area contributed by atoms with E-state index in [1.54, 1.807) is 25.2 Å². The Labute approximate surface area is 137 Å². The van der Waals surface area contributed by atoms with Crippen molar-refractivity contribution in [3.63, 3.8) is 0 Å². The average Bonchev–Trinajstić information content (AvgIpc) is 2.49. The van der Waals surface area contributed by atoms with Gasteiger partial charge in [0.2, 0.25) is 0 Å². The first-order valence-corrected chi connectivity index (χ1v) is 9.42. The first-order chi connectivity index (χ1) is 10.9. The summed E-state index contributed by atoms with van der Waals surface area (Å²) in [7, 11) is -1.34. The van der Waals surface area contributed by atoms with Crippen LogP contribution in [-0.2, 0) is 21.0 Å². The van der Waals surface area contributed by atoms with Crippen LogP contribution in [0.3, 0.4) is 0 Å². The first-order valence-electron chi connectivity index (χ1n) is 7.36. The average molecular weight is 345 g/mol. The van der Waals surface area contributed by atoms with Gasteiger partial charge in [-0.2, -0.15) is 0 Å². The van der Waals surface area contributed by atoms with Crippen LogP contribution in [0.2, 0.25) is 0 Å². The lowest BCUT2D eigenvalue weighted by molar-refractivity contribution is 0.154. The van der Waals surface area contributed by atoms with Crippen LogP contribution in [0.5, 0.6) is 0 Å². The van der Waals surface area contributed by atoms with E-state index in [0.29, 0.717) is 37.6 Å². The van der Waals surface area contributed by atoms with Crippen molar-refractivity contribution < 1.29 is 17.5 Å². The van der Waals surface area contributed by atoms with Crippen LogP contribution in [0.1, 0.15) is 5.56 Å². The van der Waals surface area contributed by atoms with Gasteiger partial charge < -0.3 is 15.4 Å². The molecule has 0 atom stereocenters. The van der Waals surface area contributed by atoms with Crippen LogP contribution in [0.4, 0.5) is 4.39 Å². The quantitative estimate of drug-likeness (QED) is 0.389. The highest BCUT2D eigenvalue weighted by Gasteiger charge is 2.03. The summed E-state index contributed by atoms with van der Waals surface area (Å²) in [4.78, 5) is 4.05. The SMILES string of the molecule is CN=C(NCCOCCS(C)(=O)=O)NCCc1ccccc1F. The van der Waals surface area contributed by atoms with E-state index in [9.17, 15) is 12.8 Å². The van der Waals surface area contributed by atoms with E-state index in [0.717, 1.165) is 0 Å². The van der Waals surface area contributed by atoms with Crippen LogP contribution < -0.4 is 10.6 Å². The molecule has 0 radical (unpaired) electrons. The van der Waals surface area contributed by atoms with Gasteiger partial charge in [0.15, 0.2) is 5.96 Å². The highest BCUT2D eigenvalue weighted by atomic mass is 32.2. The summed E-state index contributed by atoms with van der Waals surface area (Å²) in [6.07, 6.45) is 1.73. The lowest BCUT2D eigenvalue weighted by Gasteiger charge is -2.12. The Morgan fingerprint density at radius 2 is 1.91 bits per heavy atom. The molecule has 0 aromatic heterocycles. The fourth-order valence-electron chi connectivity index (χ4n) is 1.79. The number of ether oxygens (including phenoxy) is 1. The minimum atomic E-state index is -2.99. The molecule has 1 aromatic rings. The van der Waals surface area contributed by atoms with E-state index in [1.165, 1.54) is 12.3 Å². The maximum Gasteiger partial charge on any atom is 0.191 e. The van der Waals surface area contributed by atoms with Crippen molar-refractivity contribution in [2.24, 2.45) is 4.99 Å². The number of nitrogens with one attached hydrogen (secondary N) is 2. The molecule has 1 aromatic carbocycles. The van der Waals surface area contributed by atoms with Crippen molar-refractivity contribution in [1.82, 2.24) is 10.6 Å². The topological polar surface area (TPSA) is 79.8 Å². The fourth-order valence-corrected chi connectivity index (χ4v) is 2.21. The number of nitrogens with zero attached hydrogens (tertiary/aromatic N) is 1. The van der Waals surface area contributed by atoms with Gasteiger partial charge in [-0.15, -0.1) is 0 Å². The van der Waals surface area contributed by atoms with Crippen LogP contribution in [0, 0.1) is 5.82 Å². The Balaban J connectivity index is 2.16. The molecule has 0 amide bonds. The van der Waals surface area contributed by atoms with Crippen molar-refractivity contribution in [1.29, 1.82) is 0 Å². The molecule has 0 fully saturated rings. The molecular formula is C15H24FN3O3S. The van der Waals surface area contributed by atoms with Gasteiger partial charge in [-0.05, 0) is 18.1 Å². The largest absolute Gasteiger partial charge is 0.379 e. The summed E-state index contributed by atoms with van der Waals surface area (Å²) in [6.45, 7) is 1.61. The van der Waals surface area contributed by atoms with E-state index in [-0.39, 0.29) is 18.2 Å². The van der Waals surface area contributed by atoms with Gasteiger partial charge in [-0.1, -0.05) is 18.2 Å². The third-order valence-electron chi connectivity index (χ3n) is 3.01. The van der Waals surface area contributed by atoms with E-state index < -0.39 is 9.84 Å². The summed E-state index contributed by atoms with van der Waals surface area (Å²) in [5.41, 5.74) is 0.652. The van der Waals surface area contributed by atoms with E-state index >= 15 is 0 Å². The summed E-state index contributed by atoms with van der Waals surface area (Å²) in [6, 6.07) is 6.66. The fraction of sp³-hybridized carbons (Fsp3) is 0.533. The van der Waals surface area contributed by atoms with Gasteiger partial charge in [0, 0.05) is 26.4 Å². The predicted molar refractivity (Wildman–Crippen MR) is 90.0 cm³/mol. The van der Waals surface area contributed by atoms with Crippen molar-refractivity contribution in [3.8, 4) is 0 Å². The Morgan fingerprint density at radius 3 is 2.57 bits per heavy atom. The van der Waals surface area contributed by atoms with Gasteiger partial charge >= 0.3 is 0 Å². The van der Waals surface area contributed by atoms with Crippen molar-refractivity contribution >= 4 is 15.8 Å². The number of guanidine groups is 1. The molecule has 8 heteroatoms. The van der Waals surface area contributed by atoms with Crippen LogP contribution in [0.25, 0.3) is 0 Å². The Hall–Kier alpha value is -1.67. The standard InChI is InChI=1S/C15H24FN3O3S/c1-17-15(19-9-10-22-11-12-23(2,20)21)18-8-7-13-5-3-4-6-14(13)16/h3-6H,7-12H2,1-2H3,(H2,17,18,19). The van der Waals surface area contributed by atoms with Crippen LogP contribution >= 0.6 is 0 Å². The Kier molecular flexibility index (Phi) is 8.57. The number of hydrogen-bond donors (Lipinski definition) is 2. The summed E-state index contributed by atoms with van der Waals surface area (Å²) >= 11 is 0. The van der Waals surface area contributed by atoms with E-state index in [2.05, 4.69) is 15.6 Å². The molecule has 0 aliphatic heterocycles. The van der Waals surface area contributed by atoms with Crippen LogP contribution in [-0.4, -0.2) is 59.7 Å². The van der Waals surface area contributed by atoms with Crippen molar-refractivity contribution in [2.75, 3.05) is 45.4 Å². The second-order valence-electron chi connectivity index (χ2n) is 5.01. The molecule has 6 nitrogen and oxygen atoms in total. The Bertz CT molecular complexity index is 606. The highest BCUT2D eigenvalue weighted by molar-refractivity contribution is 7.90. The zero-order chi connectivity index (χ0) is 17.1. The Morgan fingerprint density at radius 1 is 1.22 bits per heavy atom. The molecule has 0 heterocycles. The molecule has 0 aliphatic carbocycles. The summed E-state index contributed by atoms with van der Waals surface area (Å²) < 4.78 is 40.5. The molecule has 0 spiro atoms. The minimum Gasteiger partial charge on any atom is -0.379 e. The molecule has 130 valence electrons. The zero-order valence-electron chi connectivity index (χ0n) is 13.5. The highest BCUT2D eigenvalue weighted by Crippen LogP contribution is 2.05. The molecule has 0 bridgehead atoms. The van der Waals surface area contributed by atoms with Gasteiger partial charge in [0.05, 0.1) is 19.0 Å². The number of aliphatic imine (C=N–C) groups is 1. The normalized spacial score (nSPS) is 12.2. The lowest BCUT2D eigenvalue weighted by Crippen LogP contribution is -2.40. The number of rotatable bonds is 9. The molecule has 0 unspecified atom stereocenters. The smallest absolute Gasteiger partial charge is 0.191 e. The van der Waals surface area contributed by atoms with Crippen molar-refractivity contribution in [2.45, 2.75) is 6.42 Å². The van der Waals surface area contributed by atoms with Gasteiger partial charge in [0.1, 0.15) is 15.7 Å².